The molecule has 0 spiro atoms. The zero-order valence-electron chi connectivity index (χ0n) is 7.90. The molecular formula is C9H11ClN2O2S. The van der Waals surface area contributed by atoms with Crippen LogP contribution in [0.3, 0.4) is 0 Å². The van der Waals surface area contributed by atoms with E-state index in [-0.39, 0.29) is 12.2 Å². The quantitative estimate of drug-likeness (QED) is 0.774. The number of halogens is 1. The second kappa shape index (κ2) is 5.14. The number of rotatable bonds is 4. The molecule has 0 saturated heterocycles. The van der Waals surface area contributed by atoms with Crippen molar-refractivity contribution < 1.29 is 9.00 Å². The lowest BCUT2D eigenvalue weighted by atomic mass is 10.3. The highest BCUT2D eigenvalue weighted by Gasteiger charge is 2.10. The molecular weight excluding hydrogens is 236 g/mol. The van der Waals surface area contributed by atoms with Crippen LogP contribution in [0, 0.1) is 0 Å². The van der Waals surface area contributed by atoms with Gasteiger partial charge in [-0.1, -0.05) is 11.6 Å². The van der Waals surface area contributed by atoms with Gasteiger partial charge in [-0.15, -0.1) is 0 Å². The normalized spacial score (nSPS) is 12.3. The van der Waals surface area contributed by atoms with Gasteiger partial charge in [0.2, 0.25) is 5.91 Å². The topological polar surface area (TPSA) is 86.2 Å². The summed E-state index contributed by atoms with van der Waals surface area (Å²) in [5.74, 6) is -0.318. The molecule has 0 fully saturated rings. The average molecular weight is 247 g/mol. The fourth-order valence-corrected chi connectivity index (χ4v) is 2.53. The van der Waals surface area contributed by atoms with Gasteiger partial charge in [0.25, 0.3) is 0 Å². The molecule has 0 aromatic heterocycles. The summed E-state index contributed by atoms with van der Waals surface area (Å²) in [7, 11) is -1.34. The van der Waals surface area contributed by atoms with E-state index in [9.17, 15) is 9.00 Å². The van der Waals surface area contributed by atoms with Crippen molar-refractivity contribution >= 4 is 34.0 Å². The summed E-state index contributed by atoms with van der Waals surface area (Å²) in [5.41, 5.74) is 11.0. The summed E-state index contributed by atoms with van der Waals surface area (Å²) in [5, 5.41) is 0.381. The van der Waals surface area contributed by atoms with E-state index in [2.05, 4.69) is 0 Å². The summed E-state index contributed by atoms with van der Waals surface area (Å²) in [6.07, 6.45) is 0.0672. The summed E-state index contributed by atoms with van der Waals surface area (Å²) >= 11 is 5.84. The Hall–Kier alpha value is -1.07. The standard InChI is InChI=1S/C9H11ClN2O2S/c10-7-2-1-6(11)5-8(7)15(14)4-3-9(12)13/h1-2,5H,3-4,11H2,(H2,12,13). The molecule has 4 nitrogen and oxygen atoms in total. The predicted molar refractivity (Wildman–Crippen MR) is 61.0 cm³/mol. The molecule has 15 heavy (non-hydrogen) atoms. The number of anilines is 1. The Morgan fingerprint density at radius 3 is 2.73 bits per heavy atom. The van der Waals surface area contributed by atoms with Crippen molar-refractivity contribution in [2.75, 3.05) is 11.5 Å². The summed E-state index contributed by atoms with van der Waals surface area (Å²) in [6.45, 7) is 0. The van der Waals surface area contributed by atoms with Crippen LogP contribution in [-0.4, -0.2) is 15.9 Å². The second-order valence-electron chi connectivity index (χ2n) is 2.96. The monoisotopic (exact) mass is 246 g/mol. The zero-order valence-corrected chi connectivity index (χ0v) is 9.48. The number of nitrogen functional groups attached to an aromatic ring is 1. The highest BCUT2D eigenvalue weighted by molar-refractivity contribution is 7.85. The number of hydrogen-bond donors (Lipinski definition) is 2. The van der Waals surface area contributed by atoms with E-state index >= 15 is 0 Å². The Bertz CT molecular complexity index is 409. The van der Waals surface area contributed by atoms with Crippen LogP contribution < -0.4 is 11.5 Å². The van der Waals surface area contributed by atoms with Gasteiger partial charge in [-0.2, -0.15) is 0 Å². The summed E-state index contributed by atoms with van der Waals surface area (Å²) in [6, 6.07) is 4.74. The maximum atomic E-state index is 11.7. The number of primary amides is 1. The van der Waals surface area contributed by atoms with Crippen LogP contribution >= 0.6 is 11.6 Å². The van der Waals surface area contributed by atoms with Gasteiger partial charge in [0, 0.05) is 17.9 Å². The minimum atomic E-state index is -1.34. The third-order valence-corrected chi connectivity index (χ3v) is 3.58. The highest BCUT2D eigenvalue weighted by atomic mass is 35.5. The van der Waals surface area contributed by atoms with Gasteiger partial charge in [-0.05, 0) is 18.2 Å². The van der Waals surface area contributed by atoms with E-state index in [1.54, 1.807) is 18.2 Å². The zero-order chi connectivity index (χ0) is 11.4. The van der Waals surface area contributed by atoms with Gasteiger partial charge in [0.05, 0.1) is 20.7 Å². The molecule has 0 aliphatic heterocycles. The fourth-order valence-electron chi connectivity index (χ4n) is 0.998. The first-order valence-electron chi connectivity index (χ1n) is 4.22. The molecule has 0 bridgehead atoms. The number of carbonyl (C=O) groups is 1. The molecule has 1 atom stereocenters. The Labute approximate surface area is 95.0 Å². The first-order valence-corrected chi connectivity index (χ1v) is 5.92. The van der Waals surface area contributed by atoms with Crippen molar-refractivity contribution in [3.8, 4) is 0 Å². The molecule has 1 unspecified atom stereocenters. The Balaban J connectivity index is 2.81. The third-order valence-electron chi connectivity index (χ3n) is 1.73. The van der Waals surface area contributed by atoms with Gasteiger partial charge in [-0.3, -0.25) is 9.00 Å². The number of hydrogen-bond acceptors (Lipinski definition) is 3. The molecule has 0 heterocycles. The van der Waals surface area contributed by atoms with Crippen LogP contribution in [0.2, 0.25) is 5.02 Å². The van der Waals surface area contributed by atoms with Crippen molar-refractivity contribution in [2.24, 2.45) is 5.73 Å². The van der Waals surface area contributed by atoms with Crippen LogP contribution in [0.4, 0.5) is 5.69 Å². The lowest BCUT2D eigenvalue weighted by molar-refractivity contribution is -0.117. The minimum Gasteiger partial charge on any atom is -0.399 e. The lowest BCUT2D eigenvalue weighted by Crippen LogP contribution is -2.14. The minimum absolute atomic E-state index is 0.0672. The average Bonchev–Trinajstić information content (AvgIpc) is 2.18. The van der Waals surface area contributed by atoms with Crippen LogP contribution in [0.5, 0.6) is 0 Å². The number of benzene rings is 1. The van der Waals surface area contributed by atoms with Crippen molar-refractivity contribution in [1.82, 2.24) is 0 Å². The Kier molecular flexibility index (Phi) is 4.11. The summed E-state index contributed by atoms with van der Waals surface area (Å²) in [4.78, 5) is 11.0. The van der Waals surface area contributed by atoms with E-state index in [4.69, 9.17) is 23.1 Å². The molecule has 0 saturated carbocycles. The van der Waals surface area contributed by atoms with Gasteiger partial charge in [-0.25, -0.2) is 0 Å². The van der Waals surface area contributed by atoms with Crippen LogP contribution in [-0.2, 0) is 15.6 Å². The molecule has 0 aliphatic carbocycles. The number of carbonyl (C=O) groups excluding carboxylic acids is 1. The van der Waals surface area contributed by atoms with E-state index in [0.29, 0.717) is 15.6 Å². The fraction of sp³-hybridized carbons (Fsp3) is 0.222. The van der Waals surface area contributed by atoms with E-state index in [1.807, 2.05) is 0 Å². The molecule has 0 aliphatic rings. The highest BCUT2D eigenvalue weighted by Crippen LogP contribution is 2.22. The van der Waals surface area contributed by atoms with Gasteiger partial charge in [0.1, 0.15) is 0 Å². The molecule has 1 aromatic rings. The maximum absolute atomic E-state index is 11.7. The maximum Gasteiger partial charge on any atom is 0.218 e. The molecule has 1 amide bonds. The Morgan fingerprint density at radius 1 is 1.47 bits per heavy atom. The first kappa shape index (κ1) is 12.0. The van der Waals surface area contributed by atoms with Crippen molar-refractivity contribution in [2.45, 2.75) is 11.3 Å². The first-order chi connectivity index (χ1) is 7.00. The van der Waals surface area contributed by atoms with E-state index < -0.39 is 16.7 Å². The molecule has 0 radical (unpaired) electrons. The summed E-state index contributed by atoms with van der Waals surface area (Å²) < 4.78 is 11.7. The van der Waals surface area contributed by atoms with E-state index in [0.717, 1.165) is 0 Å². The van der Waals surface area contributed by atoms with Gasteiger partial charge in [0.15, 0.2) is 0 Å². The molecule has 1 aromatic carbocycles. The number of nitrogens with two attached hydrogens (primary N) is 2. The smallest absolute Gasteiger partial charge is 0.218 e. The van der Waals surface area contributed by atoms with E-state index in [1.165, 1.54) is 0 Å². The SMILES string of the molecule is NC(=O)CCS(=O)c1cc(N)ccc1Cl. The molecule has 4 N–H and O–H groups in total. The predicted octanol–water partition coefficient (Wildman–Crippen LogP) is 0.905. The lowest BCUT2D eigenvalue weighted by Gasteiger charge is -2.04. The van der Waals surface area contributed by atoms with Crippen LogP contribution in [0.25, 0.3) is 0 Å². The van der Waals surface area contributed by atoms with Gasteiger partial charge < -0.3 is 11.5 Å². The van der Waals surface area contributed by atoms with Gasteiger partial charge >= 0.3 is 0 Å². The second-order valence-corrected chi connectivity index (χ2v) is 4.90. The molecule has 1 rings (SSSR count). The number of amides is 1. The van der Waals surface area contributed by atoms with Crippen molar-refractivity contribution in [3.05, 3.63) is 23.2 Å². The molecule has 82 valence electrons. The van der Waals surface area contributed by atoms with Crippen LogP contribution in [0.1, 0.15) is 6.42 Å². The molecule has 6 heteroatoms. The van der Waals surface area contributed by atoms with Crippen LogP contribution in [0.15, 0.2) is 23.1 Å². The Morgan fingerprint density at radius 2 is 2.13 bits per heavy atom. The van der Waals surface area contributed by atoms with Crippen molar-refractivity contribution in [1.29, 1.82) is 0 Å². The largest absolute Gasteiger partial charge is 0.399 e. The third kappa shape index (κ3) is 3.53. The van der Waals surface area contributed by atoms with Crippen molar-refractivity contribution in [3.63, 3.8) is 0 Å².